The van der Waals surface area contributed by atoms with Gasteiger partial charge in [0.25, 0.3) is 0 Å². The number of aliphatic hydroxyl groups is 1. The number of hydrogen-bond donors (Lipinski definition) is 2. The van der Waals surface area contributed by atoms with Gasteiger partial charge in [-0.05, 0) is 24.3 Å². The lowest BCUT2D eigenvalue weighted by Crippen LogP contribution is -2.48. The van der Waals surface area contributed by atoms with E-state index in [2.05, 4.69) is 16.4 Å². The summed E-state index contributed by atoms with van der Waals surface area (Å²) in [6.45, 7) is -0.356. The van der Waals surface area contributed by atoms with Crippen LogP contribution in [0, 0.1) is 16.7 Å². The molecule has 1 aliphatic rings. The molecule has 6 heteroatoms. The number of para-hydroxylation sites is 1. The van der Waals surface area contributed by atoms with Crippen LogP contribution < -0.4 is 25.4 Å². The van der Waals surface area contributed by atoms with Crippen LogP contribution in [0.25, 0.3) is 6.08 Å². The molecule has 25 heavy (non-hydrogen) atoms. The van der Waals surface area contributed by atoms with Crippen molar-refractivity contribution in [3.8, 4) is 17.6 Å². The normalized spacial score (nSPS) is 21.1. The van der Waals surface area contributed by atoms with E-state index in [0.717, 1.165) is 10.9 Å². The van der Waals surface area contributed by atoms with Crippen LogP contribution in [0.1, 0.15) is 0 Å². The quantitative estimate of drug-likeness (QED) is 0.852. The van der Waals surface area contributed by atoms with Crippen molar-refractivity contribution in [2.45, 2.75) is 6.17 Å². The van der Waals surface area contributed by atoms with Crippen LogP contribution in [0.2, 0.25) is 0 Å². The third-order valence-electron chi connectivity index (χ3n) is 4.25. The summed E-state index contributed by atoms with van der Waals surface area (Å²) in [5, 5.41) is 24.3. The van der Waals surface area contributed by atoms with E-state index in [-0.39, 0.29) is 6.61 Å². The second-order valence-electron chi connectivity index (χ2n) is 5.76. The Kier molecular flexibility index (Phi) is 4.59. The van der Waals surface area contributed by atoms with Gasteiger partial charge in [0.1, 0.15) is 11.6 Å². The second-order valence-corrected chi connectivity index (χ2v) is 5.76. The Morgan fingerprint density at radius 3 is 2.48 bits per heavy atom. The summed E-state index contributed by atoms with van der Waals surface area (Å²) in [4.78, 5) is 4.66. The fraction of sp³-hybridized carbons (Fsp3) is 0.263. The summed E-state index contributed by atoms with van der Waals surface area (Å²) in [6.07, 6.45) is 1.10. The molecule has 0 bridgehead atoms. The lowest BCUT2D eigenvalue weighted by Gasteiger charge is -2.31. The van der Waals surface area contributed by atoms with Crippen LogP contribution >= 0.6 is 0 Å². The molecule has 0 aromatic heterocycles. The summed E-state index contributed by atoms with van der Waals surface area (Å²) < 4.78 is 10.6. The van der Waals surface area contributed by atoms with Crippen LogP contribution in [0.4, 0.5) is 5.69 Å². The van der Waals surface area contributed by atoms with Crippen LogP contribution in [-0.4, -0.2) is 32.1 Å². The molecule has 0 amide bonds. The van der Waals surface area contributed by atoms with Crippen LogP contribution in [0.3, 0.4) is 0 Å². The van der Waals surface area contributed by atoms with Crippen molar-refractivity contribution in [1.82, 2.24) is 0 Å². The molecule has 0 saturated heterocycles. The summed E-state index contributed by atoms with van der Waals surface area (Å²) in [7, 11) is 3.11. The molecule has 2 aromatic carbocycles. The molecule has 0 fully saturated rings. The SMILES string of the molecule is COc1cc2c(cc1OC)=NC(Nc1ccccc1)C(C#N)(CO)C=2. The molecule has 2 N–H and O–H groups in total. The molecule has 1 aliphatic heterocycles. The number of nitrogens with one attached hydrogen (secondary N) is 1. The van der Waals surface area contributed by atoms with E-state index < -0.39 is 11.6 Å². The van der Waals surface area contributed by atoms with Crippen molar-refractivity contribution in [2.24, 2.45) is 10.4 Å². The molecule has 0 spiro atoms. The maximum Gasteiger partial charge on any atom is 0.162 e. The van der Waals surface area contributed by atoms with Crippen molar-refractivity contribution in [3.63, 3.8) is 0 Å². The molecular weight excluding hydrogens is 318 g/mol. The number of nitrogens with zero attached hydrogens (tertiary/aromatic N) is 2. The van der Waals surface area contributed by atoms with Gasteiger partial charge in [-0.3, -0.25) is 4.99 Å². The number of rotatable bonds is 5. The number of hydrogen-bond acceptors (Lipinski definition) is 6. The van der Waals surface area contributed by atoms with E-state index in [0.29, 0.717) is 16.9 Å². The van der Waals surface area contributed by atoms with Gasteiger partial charge in [0.05, 0.1) is 32.3 Å². The minimum absolute atomic E-state index is 0.356. The maximum absolute atomic E-state index is 9.93. The molecule has 0 saturated carbocycles. The highest BCUT2D eigenvalue weighted by Crippen LogP contribution is 2.29. The summed E-state index contributed by atoms with van der Waals surface area (Å²) in [6, 6.07) is 15.2. The molecule has 2 unspecified atom stereocenters. The van der Waals surface area contributed by atoms with Gasteiger partial charge in [0.2, 0.25) is 0 Å². The highest BCUT2D eigenvalue weighted by molar-refractivity contribution is 5.52. The molecule has 0 radical (unpaired) electrons. The molecular formula is C19H19N3O3. The van der Waals surface area contributed by atoms with Crippen LogP contribution in [0.15, 0.2) is 47.5 Å². The molecule has 1 heterocycles. The van der Waals surface area contributed by atoms with Gasteiger partial charge in [-0.1, -0.05) is 18.2 Å². The van der Waals surface area contributed by atoms with Crippen molar-refractivity contribution in [1.29, 1.82) is 5.26 Å². The van der Waals surface area contributed by atoms with Crippen molar-refractivity contribution in [3.05, 3.63) is 53.0 Å². The van der Waals surface area contributed by atoms with Crippen molar-refractivity contribution >= 4 is 11.8 Å². The summed E-state index contributed by atoms with van der Waals surface area (Å²) in [5.41, 5.74) is -0.357. The average Bonchev–Trinajstić information content (AvgIpc) is 2.67. The highest BCUT2D eigenvalue weighted by Gasteiger charge is 2.39. The van der Waals surface area contributed by atoms with E-state index >= 15 is 0 Å². The Balaban J connectivity index is 2.15. The van der Waals surface area contributed by atoms with E-state index in [1.807, 2.05) is 30.3 Å². The molecule has 6 nitrogen and oxygen atoms in total. The molecule has 0 aliphatic carbocycles. The number of nitriles is 1. The fourth-order valence-corrected chi connectivity index (χ4v) is 2.84. The van der Waals surface area contributed by atoms with Gasteiger partial charge in [0.15, 0.2) is 11.5 Å². The first-order chi connectivity index (χ1) is 12.2. The van der Waals surface area contributed by atoms with E-state index in [9.17, 15) is 10.4 Å². The first-order valence-corrected chi connectivity index (χ1v) is 7.82. The lowest BCUT2D eigenvalue weighted by molar-refractivity contribution is 0.203. The fourth-order valence-electron chi connectivity index (χ4n) is 2.84. The Labute approximate surface area is 145 Å². The third kappa shape index (κ3) is 3.02. The standard InChI is InChI=1S/C19H19N3O3/c1-24-16-8-13-10-19(11-20,12-23)18(21-14-6-4-3-5-7-14)22-15(13)9-17(16)25-2/h3-10,18,21,23H,12H2,1-2H3. The molecule has 128 valence electrons. The van der Waals surface area contributed by atoms with E-state index in [1.165, 1.54) is 0 Å². The van der Waals surface area contributed by atoms with Gasteiger partial charge in [-0.2, -0.15) is 5.26 Å². The van der Waals surface area contributed by atoms with E-state index in [4.69, 9.17) is 9.47 Å². The van der Waals surface area contributed by atoms with Gasteiger partial charge in [-0.15, -0.1) is 0 Å². The van der Waals surface area contributed by atoms with Crippen molar-refractivity contribution in [2.75, 3.05) is 26.1 Å². The summed E-state index contributed by atoms with van der Waals surface area (Å²) in [5.74, 6) is 1.11. The maximum atomic E-state index is 9.93. The number of aliphatic hydroxyl groups excluding tert-OH is 1. The molecule has 3 rings (SSSR count). The van der Waals surface area contributed by atoms with Gasteiger partial charge in [-0.25, -0.2) is 0 Å². The topological polar surface area (TPSA) is 86.9 Å². The third-order valence-corrected chi connectivity index (χ3v) is 4.25. The minimum Gasteiger partial charge on any atom is -0.493 e. The second kappa shape index (κ2) is 6.83. The van der Waals surface area contributed by atoms with Gasteiger partial charge in [0, 0.05) is 17.0 Å². The van der Waals surface area contributed by atoms with E-state index in [1.54, 1.807) is 32.4 Å². The number of ether oxygens (including phenoxy) is 2. The highest BCUT2D eigenvalue weighted by atomic mass is 16.5. The zero-order valence-electron chi connectivity index (χ0n) is 14.1. The smallest absolute Gasteiger partial charge is 0.162 e. The summed E-state index contributed by atoms with van der Waals surface area (Å²) >= 11 is 0. The first-order valence-electron chi connectivity index (χ1n) is 7.82. The molecule has 2 atom stereocenters. The number of benzene rings is 2. The predicted molar refractivity (Wildman–Crippen MR) is 93.8 cm³/mol. The average molecular weight is 337 g/mol. The largest absolute Gasteiger partial charge is 0.493 e. The van der Waals surface area contributed by atoms with Crippen LogP contribution in [0.5, 0.6) is 11.5 Å². The monoisotopic (exact) mass is 337 g/mol. The zero-order valence-corrected chi connectivity index (χ0v) is 14.1. The number of anilines is 1. The lowest BCUT2D eigenvalue weighted by atomic mass is 9.84. The van der Waals surface area contributed by atoms with Crippen molar-refractivity contribution < 1.29 is 14.6 Å². The van der Waals surface area contributed by atoms with Crippen LogP contribution in [-0.2, 0) is 0 Å². The Morgan fingerprint density at radius 1 is 1.20 bits per heavy atom. The van der Waals surface area contributed by atoms with Gasteiger partial charge >= 0.3 is 0 Å². The zero-order chi connectivity index (χ0) is 17.9. The first kappa shape index (κ1) is 16.8. The van der Waals surface area contributed by atoms with Gasteiger partial charge < -0.3 is 19.9 Å². The Hall–Kier alpha value is -3.04. The number of methoxy groups -OCH3 is 2. The Morgan fingerprint density at radius 2 is 1.88 bits per heavy atom. The predicted octanol–water partition coefficient (Wildman–Crippen LogP) is 1.06. The number of fused-ring (bicyclic) bond motifs is 1. The Bertz CT molecular complexity index is 921. The molecule has 2 aromatic rings. The minimum atomic E-state index is -1.18.